The molecule has 4 nitrogen and oxygen atoms in total. The van der Waals surface area contributed by atoms with E-state index in [0.29, 0.717) is 12.1 Å². The monoisotopic (exact) mass is 275 g/mol. The van der Waals surface area contributed by atoms with Gasteiger partial charge in [0.2, 0.25) is 0 Å². The molecule has 2 fully saturated rings. The average Bonchev–Trinajstić information content (AvgIpc) is 2.79. The Balaban J connectivity index is 1.83. The molecule has 1 aromatic rings. The Morgan fingerprint density at radius 1 is 1.10 bits per heavy atom. The van der Waals surface area contributed by atoms with Crippen molar-refractivity contribution in [2.45, 2.75) is 38.8 Å². The summed E-state index contributed by atoms with van der Waals surface area (Å²) in [5, 5.41) is 0. The smallest absolute Gasteiger partial charge is 0.0642 e. The van der Waals surface area contributed by atoms with Gasteiger partial charge in [0, 0.05) is 30.9 Å². The van der Waals surface area contributed by atoms with E-state index >= 15 is 0 Å². The third kappa shape index (κ3) is 2.44. The van der Waals surface area contributed by atoms with Gasteiger partial charge in [-0.05, 0) is 44.9 Å². The van der Waals surface area contributed by atoms with Gasteiger partial charge in [-0.2, -0.15) is 0 Å². The number of morpholine rings is 1. The predicted molar refractivity (Wildman–Crippen MR) is 84.5 cm³/mol. The second-order valence-electron chi connectivity index (χ2n) is 6.03. The highest BCUT2D eigenvalue weighted by Crippen LogP contribution is 2.34. The Kier molecular flexibility index (Phi) is 3.74. The molecule has 2 saturated heterocycles. The lowest BCUT2D eigenvalue weighted by Gasteiger charge is -2.32. The fourth-order valence-corrected chi connectivity index (χ4v) is 3.50. The van der Waals surface area contributed by atoms with Crippen molar-refractivity contribution in [3.63, 3.8) is 0 Å². The molecule has 1 aromatic carbocycles. The van der Waals surface area contributed by atoms with E-state index in [0.717, 1.165) is 37.7 Å². The molecule has 0 aromatic heterocycles. The molecule has 2 aliphatic rings. The van der Waals surface area contributed by atoms with Gasteiger partial charge in [-0.3, -0.25) is 0 Å². The summed E-state index contributed by atoms with van der Waals surface area (Å²) >= 11 is 0. The van der Waals surface area contributed by atoms with Crippen molar-refractivity contribution in [1.29, 1.82) is 0 Å². The number of rotatable bonds is 2. The Morgan fingerprint density at radius 2 is 1.75 bits per heavy atom. The van der Waals surface area contributed by atoms with Crippen molar-refractivity contribution < 1.29 is 4.74 Å². The van der Waals surface area contributed by atoms with E-state index < -0.39 is 0 Å². The van der Waals surface area contributed by atoms with Gasteiger partial charge in [0.1, 0.15) is 0 Å². The van der Waals surface area contributed by atoms with Crippen LogP contribution in [0.4, 0.5) is 17.1 Å². The Labute approximate surface area is 121 Å². The molecule has 110 valence electrons. The Hall–Kier alpha value is -1.42. The van der Waals surface area contributed by atoms with Crippen molar-refractivity contribution in [1.82, 2.24) is 0 Å². The first-order valence-electron chi connectivity index (χ1n) is 7.67. The van der Waals surface area contributed by atoms with E-state index in [1.807, 2.05) is 0 Å². The number of ether oxygens (including phenoxy) is 1. The van der Waals surface area contributed by atoms with Crippen LogP contribution in [0.3, 0.4) is 0 Å². The van der Waals surface area contributed by atoms with Crippen molar-refractivity contribution in [3.05, 3.63) is 18.2 Å². The summed E-state index contributed by atoms with van der Waals surface area (Å²) in [6.07, 6.45) is 2.54. The summed E-state index contributed by atoms with van der Waals surface area (Å²) in [5.41, 5.74) is 9.60. The first kappa shape index (κ1) is 13.6. The fraction of sp³-hybridized carbons (Fsp3) is 0.625. The van der Waals surface area contributed by atoms with E-state index in [4.69, 9.17) is 10.5 Å². The first-order valence-corrected chi connectivity index (χ1v) is 7.67. The van der Waals surface area contributed by atoms with Gasteiger partial charge < -0.3 is 20.3 Å². The molecule has 0 spiro atoms. The molecule has 0 aliphatic carbocycles. The minimum atomic E-state index is 0.610. The van der Waals surface area contributed by atoms with E-state index in [1.54, 1.807) is 0 Å². The summed E-state index contributed by atoms with van der Waals surface area (Å²) in [6.45, 7) is 8.05. The molecule has 3 rings (SSSR count). The second-order valence-corrected chi connectivity index (χ2v) is 6.03. The van der Waals surface area contributed by atoms with Gasteiger partial charge >= 0.3 is 0 Å². The lowest BCUT2D eigenvalue weighted by molar-refractivity contribution is 0.123. The lowest BCUT2D eigenvalue weighted by atomic mass is 10.1. The van der Waals surface area contributed by atoms with Crippen LogP contribution in [0.2, 0.25) is 0 Å². The molecule has 20 heavy (non-hydrogen) atoms. The van der Waals surface area contributed by atoms with Gasteiger partial charge in [0.25, 0.3) is 0 Å². The molecule has 0 unspecified atom stereocenters. The highest BCUT2D eigenvalue weighted by molar-refractivity contribution is 5.73. The van der Waals surface area contributed by atoms with Crippen molar-refractivity contribution in [2.24, 2.45) is 0 Å². The molecule has 0 radical (unpaired) electrons. The normalized spacial score (nSPS) is 27.1. The molecule has 2 N–H and O–H groups in total. The number of nitrogen functional groups attached to an aromatic ring is 1. The fourth-order valence-electron chi connectivity index (χ4n) is 3.50. The zero-order valence-corrected chi connectivity index (χ0v) is 12.5. The zero-order chi connectivity index (χ0) is 14.1. The molecular weight excluding hydrogens is 250 g/mol. The molecule has 2 heterocycles. The maximum absolute atomic E-state index is 6.30. The highest BCUT2D eigenvalue weighted by Gasteiger charge is 2.27. The summed E-state index contributed by atoms with van der Waals surface area (Å²) in [4.78, 5) is 4.82. The van der Waals surface area contributed by atoms with Crippen LogP contribution in [0.15, 0.2) is 18.2 Å². The summed E-state index contributed by atoms with van der Waals surface area (Å²) in [6, 6.07) is 7.76. The number of nitrogens with zero attached hydrogens (tertiary/aromatic N) is 2. The molecule has 0 amide bonds. The number of hydrogen-bond donors (Lipinski definition) is 1. The molecule has 2 atom stereocenters. The van der Waals surface area contributed by atoms with Crippen LogP contribution in [0.5, 0.6) is 0 Å². The quantitative estimate of drug-likeness (QED) is 0.842. The average molecular weight is 275 g/mol. The highest BCUT2D eigenvalue weighted by atomic mass is 16.5. The van der Waals surface area contributed by atoms with Gasteiger partial charge in [-0.25, -0.2) is 0 Å². The summed E-state index contributed by atoms with van der Waals surface area (Å²) in [7, 11) is 0. The lowest BCUT2D eigenvalue weighted by Crippen LogP contribution is -2.37. The molecule has 0 saturated carbocycles. The predicted octanol–water partition coefficient (Wildman–Crippen LogP) is 2.48. The minimum absolute atomic E-state index is 0.610. The van der Waals surface area contributed by atoms with Crippen LogP contribution in [-0.4, -0.2) is 38.4 Å². The van der Waals surface area contributed by atoms with Crippen LogP contribution in [0.1, 0.15) is 26.7 Å². The van der Waals surface area contributed by atoms with Crippen molar-refractivity contribution in [3.8, 4) is 0 Å². The largest absolute Gasteiger partial charge is 0.397 e. The Bertz CT molecular complexity index is 461. The Morgan fingerprint density at radius 3 is 2.35 bits per heavy atom. The summed E-state index contributed by atoms with van der Waals surface area (Å²) in [5.74, 6) is 0. The maximum atomic E-state index is 6.30. The number of anilines is 3. The van der Waals surface area contributed by atoms with Crippen LogP contribution in [-0.2, 0) is 4.74 Å². The summed E-state index contributed by atoms with van der Waals surface area (Å²) < 4.78 is 5.40. The van der Waals surface area contributed by atoms with Crippen molar-refractivity contribution in [2.75, 3.05) is 41.8 Å². The van der Waals surface area contributed by atoms with E-state index in [9.17, 15) is 0 Å². The van der Waals surface area contributed by atoms with Crippen LogP contribution in [0, 0.1) is 0 Å². The molecule has 0 bridgehead atoms. The van der Waals surface area contributed by atoms with Gasteiger partial charge in [-0.1, -0.05) is 0 Å². The van der Waals surface area contributed by atoms with Gasteiger partial charge in [0.05, 0.1) is 24.6 Å². The van der Waals surface area contributed by atoms with E-state index in [-0.39, 0.29) is 0 Å². The number of hydrogen-bond acceptors (Lipinski definition) is 4. The van der Waals surface area contributed by atoms with E-state index in [2.05, 4.69) is 41.8 Å². The standard InChI is InChI=1S/C16H25N3O/c1-12-3-4-13(2)19(12)14-5-6-16(15(17)11-14)18-7-9-20-10-8-18/h5-6,11-13H,3-4,7-10,17H2,1-2H3/t12-,13+. The minimum Gasteiger partial charge on any atom is -0.397 e. The van der Waals surface area contributed by atoms with Crippen LogP contribution < -0.4 is 15.5 Å². The third-order valence-electron chi connectivity index (χ3n) is 4.61. The van der Waals surface area contributed by atoms with Crippen LogP contribution >= 0.6 is 0 Å². The number of benzene rings is 1. The zero-order valence-electron chi connectivity index (χ0n) is 12.5. The SMILES string of the molecule is C[C@@H]1CC[C@H](C)N1c1ccc(N2CCOCC2)c(N)c1. The number of nitrogens with two attached hydrogens (primary N) is 1. The molecule has 2 aliphatic heterocycles. The molecule has 4 heteroatoms. The topological polar surface area (TPSA) is 41.7 Å². The maximum Gasteiger partial charge on any atom is 0.0642 e. The van der Waals surface area contributed by atoms with Crippen molar-refractivity contribution >= 4 is 17.1 Å². The second kappa shape index (κ2) is 5.52. The van der Waals surface area contributed by atoms with Gasteiger partial charge in [0.15, 0.2) is 0 Å². The van der Waals surface area contributed by atoms with E-state index in [1.165, 1.54) is 18.5 Å². The van der Waals surface area contributed by atoms with Gasteiger partial charge in [-0.15, -0.1) is 0 Å². The van der Waals surface area contributed by atoms with Crippen LogP contribution in [0.25, 0.3) is 0 Å². The first-order chi connectivity index (χ1) is 9.66. The third-order valence-corrected chi connectivity index (χ3v) is 4.61. The molecular formula is C16H25N3O.